The SMILES string of the molecule is COc1cc(C=C[C@H]2C3=CC[C@@H]4C(=O)N(O)C(=O)[C@@H]4[C@@H]3C[C@H]3C(=O)N(c4ccccc4)C(=O)[C@@]23C)cc(OC)c1O. The molecule has 0 unspecified atom stereocenters. The Bertz CT molecular complexity index is 1510. The minimum atomic E-state index is -1.17. The lowest BCUT2D eigenvalue weighted by Crippen LogP contribution is -2.49. The number of nitrogens with zero attached hydrogens (tertiary/aromatic N) is 2. The van der Waals surface area contributed by atoms with Gasteiger partial charge in [-0.15, -0.1) is 0 Å². The average Bonchev–Trinajstić information content (AvgIpc) is 3.32. The molecule has 0 radical (unpaired) electrons. The molecule has 3 fully saturated rings. The zero-order chi connectivity index (χ0) is 29.2. The second-order valence-electron chi connectivity index (χ2n) is 11.2. The highest BCUT2D eigenvalue weighted by Crippen LogP contribution is 2.61. The molecule has 4 aliphatic rings. The van der Waals surface area contributed by atoms with Gasteiger partial charge in [0.15, 0.2) is 11.5 Å². The summed E-state index contributed by atoms with van der Waals surface area (Å²) in [7, 11) is 2.85. The van der Waals surface area contributed by atoms with Crippen molar-refractivity contribution in [2.24, 2.45) is 35.0 Å². The van der Waals surface area contributed by atoms with Crippen molar-refractivity contribution in [3.8, 4) is 17.2 Å². The van der Waals surface area contributed by atoms with E-state index in [1.165, 1.54) is 19.1 Å². The normalized spacial score (nSPS) is 30.8. The lowest BCUT2D eigenvalue weighted by atomic mass is 9.52. The lowest BCUT2D eigenvalue weighted by Gasteiger charge is -2.47. The van der Waals surface area contributed by atoms with Gasteiger partial charge in [0, 0.05) is 5.92 Å². The quantitative estimate of drug-likeness (QED) is 0.323. The number of anilines is 1. The number of hydroxylamine groups is 2. The van der Waals surface area contributed by atoms with Crippen LogP contribution in [0.1, 0.15) is 25.3 Å². The van der Waals surface area contributed by atoms with Gasteiger partial charge in [-0.25, -0.2) is 4.90 Å². The van der Waals surface area contributed by atoms with Crippen LogP contribution in [0.3, 0.4) is 0 Å². The highest BCUT2D eigenvalue weighted by Gasteiger charge is 2.66. The van der Waals surface area contributed by atoms with Crippen molar-refractivity contribution in [3.05, 3.63) is 65.8 Å². The summed E-state index contributed by atoms with van der Waals surface area (Å²) in [6, 6.07) is 12.0. The van der Waals surface area contributed by atoms with Gasteiger partial charge in [-0.1, -0.05) is 42.0 Å². The van der Waals surface area contributed by atoms with Gasteiger partial charge in [-0.2, -0.15) is 5.06 Å². The van der Waals surface area contributed by atoms with E-state index >= 15 is 0 Å². The number of benzene rings is 2. The number of hydrogen-bond acceptors (Lipinski definition) is 8. The van der Waals surface area contributed by atoms with Crippen molar-refractivity contribution in [1.82, 2.24) is 5.06 Å². The van der Waals surface area contributed by atoms with Crippen LogP contribution in [0.5, 0.6) is 17.2 Å². The fraction of sp³-hybridized carbons (Fsp3) is 0.355. The van der Waals surface area contributed by atoms with Crippen molar-refractivity contribution in [2.45, 2.75) is 19.8 Å². The number of hydrogen-bond donors (Lipinski definition) is 2. The molecule has 10 nitrogen and oxygen atoms in total. The van der Waals surface area contributed by atoms with Gasteiger partial charge in [0.2, 0.25) is 17.6 Å². The Morgan fingerprint density at radius 2 is 1.61 bits per heavy atom. The summed E-state index contributed by atoms with van der Waals surface area (Å²) in [5.41, 5.74) is 0.719. The number of ether oxygens (including phenoxy) is 2. The summed E-state index contributed by atoms with van der Waals surface area (Å²) in [4.78, 5) is 55.1. The number of rotatable bonds is 5. The Balaban J connectivity index is 1.49. The zero-order valence-electron chi connectivity index (χ0n) is 22.8. The number of phenolic OH excluding ortho intramolecular Hbond substituents is 1. The average molecular weight is 559 g/mol. The van der Waals surface area contributed by atoms with Crippen LogP contribution in [-0.4, -0.2) is 53.2 Å². The van der Waals surface area contributed by atoms with E-state index < -0.39 is 46.8 Å². The Morgan fingerprint density at radius 1 is 0.951 bits per heavy atom. The fourth-order valence-corrected chi connectivity index (χ4v) is 7.24. The van der Waals surface area contributed by atoms with Crippen LogP contribution in [0.25, 0.3) is 6.08 Å². The van der Waals surface area contributed by atoms with Gasteiger partial charge >= 0.3 is 0 Å². The number of phenols is 1. The predicted molar refractivity (Wildman–Crippen MR) is 146 cm³/mol. The molecule has 10 heteroatoms. The largest absolute Gasteiger partial charge is 0.502 e. The number of methoxy groups -OCH3 is 2. The molecule has 2 aromatic rings. The molecule has 6 rings (SSSR count). The first-order valence-corrected chi connectivity index (χ1v) is 13.5. The molecule has 2 N–H and O–H groups in total. The Morgan fingerprint density at radius 3 is 2.24 bits per heavy atom. The first kappa shape index (κ1) is 26.8. The maximum atomic E-state index is 14.2. The molecule has 212 valence electrons. The molecular formula is C31H30N2O8. The fourth-order valence-electron chi connectivity index (χ4n) is 7.24. The first-order chi connectivity index (χ1) is 19.6. The molecule has 2 aromatic carbocycles. The van der Waals surface area contributed by atoms with Crippen LogP contribution >= 0.6 is 0 Å². The van der Waals surface area contributed by atoms with Crippen molar-refractivity contribution < 1.29 is 39.0 Å². The number of fused-ring (bicyclic) bond motifs is 4. The van der Waals surface area contributed by atoms with Gasteiger partial charge in [0.1, 0.15) is 0 Å². The third-order valence-electron chi connectivity index (χ3n) is 9.32. The van der Waals surface area contributed by atoms with E-state index in [4.69, 9.17) is 9.47 Å². The predicted octanol–water partition coefficient (Wildman–Crippen LogP) is 3.58. The second kappa shape index (κ2) is 9.59. The maximum absolute atomic E-state index is 14.2. The monoisotopic (exact) mass is 558 g/mol. The summed E-state index contributed by atoms with van der Waals surface area (Å²) < 4.78 is 10.6. The molecule has 0 aromatic heterocycles. The molecule has 2 aliphatic carbocycles. The molecule has 41 heavy (non-hydrogen) atoms. The number of carbonyl (C=O) groups excluding carboxylic acids is 4. The van der Waals surface area contributed by atoms with Crippen LogP contribution in [0.4, 0.5) is 5.69 Å². The van der Waals surface area contributed by atoms with Crippen molar-refractivity contribution in [2.75, 3.05) is 19.1 Å². The van der Waals surface area contributed by atoms with E-state index in [-0.39, 0.29) is 47.0 Å². The van der Waals surface area contributed by atoms with Crippen molar-refractivity contribution in [1.29, 1.82) is 0 Å². The topological polar surface area (TPSA) is 134 Å². The summed E-state index contributed by atoms with van der Waals surface area (Å²) in [5.74, 6) is -5.13. The third kappa shape index (κ3) is 3.73. The number of aromatic hydroxyl groups is 1. The number of imide groups is 2. The smallest absolute Gasteiger partial charge is 0.257 e. The summed E-state index contributed by atoms with van der Waals surface area (Å²) >= 11 is 0. The number of allylic oxidation sites excluding steroid dienone is 3. The van der Waals surface area contributed by atoms with Crippen molar-refractivity contribution in [3.63, 3.8) is 0 Å². The third-order valence-corrected chi connectivity index (χ3v) is 9.32. The summed E-state index contributed by atoms with van der Waals surface area (Å²) in [6.07, 6.45) is 5.96. The molecule has 6 atom stereocenters. The van der Waals surface area contributed by atoms with E-state index in [2.05, 4.69) is 0 Å². The highest BCUT2D eigenvalue weighted by atomic mass is 16.5. The van der Waals surface area contributed by atoms with E-state index in [1.807, 2.05) is 12.2 Å². The Labute approximate surface area is 236 Å². The molecular weight excluding hydrogens is 528 g/mol. The molecule has 4 amide bonds. The Kier molecular flexibility index (Phi) is 6.26. The van der Waals surface area contributed by atoms with Crippen molar-refractivity contribution >= 4 is 35.4 Å². The maximum Gasteiger partial charge on any atom is 0.257 e. The highest BCUT2D eigenvalue weighted by molar-refractivity contribution is 6.24. The van der Waals surface area contributed by atoms with Gasteiger partial charge in [0.25, 0.3) is 11.8 Å². The van der Waals surface area contributed by atoms with E-state index in [0.717, 1.165) is 5.57 Å². The van der Waals surface area contributed by atoms with Crippen LogP contribution < -0.4 is 14.4 Å². The standard InChI is InChI=1S/C31H30N2O8/c1-31-21(12-9-16-13-23(40-2)26(34)24(14-16)41-3)18-10-11-19-25(29(37)33(39)27(19)35)20(18)15-22(31)28(36)32(30(31)38)17-7-5-4-6-8-17/h4-10,12-14,19-22,25,34,39H,11,15H2,1-3H3/t19-,20+,21-,22-,25-,31-/m0/s1. The van der Waals surface area contributed by atoms with Crippen LogP contribution in [0, 0.1) is 35.0 Å². The second-order valence-corrected chi connectivity index (χ2v) is 11.2. The molecule has 2 heterocycles. The summed E-state index contributed by atoms with van der Waals surface area (Å²) in [5, 5.41) is 20.7. The minimum Gasteiger partial charge on any atom is -0.502 e. The molecule has 0 spiro atoms. The molecule has 2 saturated heterocycles. The minimum absolute atomic E-state index is 0.147. The lowest BCUT2D eigenvalue weighted by molar-refractivity contribution is -0.173. The number of amides is 4. The van der Waals surface area contributed by atoms with Gasteiger partial charge in [0.05, 0.1) is 43.1 Å². The zero-order valence-corrected chi connectivity index (χ0v) is 22.8. The molecule has 0 bridgehead atoms. The number of carbonyl (C=O) groups is 4. The van der Waals surface area contributed by atoms with E-state index in [1.54, 1.807) is 55.5 Å². The van der Waals surface area contributed by atoms with Crippen LogP contribution in [0.2, 0.25) is 0 Å². The van der Waals surface area contributed by atoms with Gasteiger partial charge in [-0.3, -0.25) is 24.4 Å². The summed E-state index contributed by atoms with van der Waals surface area (Å²) in [6.45, 7) is 1.79. The Hall–Kier alpha value is -4.44. The number of para-hydroxylation sites is 1. The van der Waals surface area contributed by atoms with Crippen LogP contribution in [0.15, 0.2) is 60.2 Å². The molecule has 2 aliphatic heterocycles. The van der Waals surface area contributed by atoms with E-state index in [0.29, 0.717) is 11.3 Å². The molecule has 1 saturated carbocycles. The van der Waals surface area contributed by atoms with E-state index in [9.17, 15) is 29.5 Å². The first-order valence-electron chi connectivity index (χ1n) is 13.5. The van der Waals surface area contributed by atoms with Crippen LogP contribution in [-0.2, 0) is 19.2 Å². The van der Waals surface area contributed by atoms with Gasteiger partial charge in [-0.05, 0) is 55.5 Å². The van der Waals surface area contributed by atoms with Gasteiger partial charge < -0.3 is 14.6 Å².